The van der Waals surface area contributed by atoms with Gasteiger partial charge in [0.2, 0.25) is 5.91 Å². The summed E-state index contributed by atoms with van der Waals surface area (Å²) in [4.78, 5) is 19.5. The van der Waals surface area contributed by atoms with E-state index >= 15 is 0 Å². The summed E-state index contributed by atoms with van der Waals surface area (Å²) in [5, 5.41) is 2.84. The minimum Gasteiger partial charge on any atom is -0.350 e. The number of aromatic nitrogens is 2. The molecule has 1 aliphatic carbocycles. The van der Waals surface area contributed by atoms with E-state index in [0.717, 1.165) is 24.2 Å². The first-order chi connectivity index (χ1) is 6.75. The predicted molar refractivity (Wildman–Crippen MR) is 51.3 cm³/mol. The monoisotopic (exact) mass is 191 g/mol. The van der Waals surface area contributed by atoms with Crippen LogP contribution in [0.5, 0.6) is 0 Å². The second kappa shape index (κ2) is 3.74. The van der Waals surface area contributed by atoms with Crippen molar-refractivity contribution in [2.45, 2.75) is 26.3 Å². The first kappa shape index (κ1) is 9.12. The maximum Gasteiger partial charge on any atom is 0.223 e. The second-order valence-electron chi connectivity index (χ2n) is 3.64. The smallest absolute Gasteiger partial charge is 0.223 e. The molecule has 0 spiro atoms. The third-order valence-corrected chi connectivity index (χ3v) is 2.23. The molecule has 0 aromatic carbocycles. The Morgan fingerprint density at radius 2 is 2.29 bits per heavy atom. The van der Waals surface area contributed by atoms with Crippen LogP contribution in [0.25, 0.3) is 0 Å². The van der Waals surface area contributed by atoms with Gasteiger partial charge in [-0.15, -0.1) is 0 Å². The van der Waals surface area contributed by atoms with E-state index in [4.69, 9.17) is 0 Å². The van der Waals surface area contributed by atoms with Gasteiger partial charge in [0.05, 0.1) is 24.1 Å². The highest BCUT2D eigenvalue weighted by molar-refractivity contribution is 5.80. The van der Waals surface area contributed by atoms with Crippen LogP contribution in [0.3, 0.4) is 0 Å². The molecule has 0 atom stereocenters. The normalized spacial score (nSPS) is 15.2. The number of nitrogens with one attached hydrogen (secondary N) is 1. The molecule has 0 saturated heterocycles. The molecule has 14 heavy (non-hydrogen) atoms. The minimum absolute atomic E-state index is 0.146. The van der Waals surface area contributed by atoms with E-state index < -0.39 is 0 Å². The summed E-state index contributed by atoms with van der Waals surface area (Å²) >= 11 is 0. The summed E-state index contributed by atoms with van der Waals surface area (Å²) in [6, 6.07) is 0. The quantitative estimate of drug-likeness (QED) is 0.769. The third-order valence-electron chi connectivity index (χ3n) is 2.23. The lowest BCUT2D eigenvalue weighted by molar-refractivity contribution is -0.122. The number of carbonyl (C=O) groups is 1. The molecule has 1 N–H and O–H groups in total. The van der Waals surface area contributed by atoms with Crippen LogP contribution in [0.2, 0.25) is 0 Å². The molecule has 1 aromatic heterocycles. The standard InChI is InChI=1S/C10H13N3O/c1-7-4-12-9(5-11-7)6-13-10(14)8-2-3-8/h4-5,8H,2-3,6H2,1H3,(H,13,14). The molecule has 0 radical (unpaired) electrons. The fourth-order valence-corrected chi connectivity index (χ4v) is 1.18. The summed E-state index contributed by atoms with van der Waals surface area (Å²) in [5.41, 5.74) is 1.70. The van der Waals surface area contributed by atoms with Gasteiger partial charge in [-0.25, -0.2) is 0 Å². The van der Waals surface area contributed by atoms with Gasteiger partial charge in [0.1, 0.15) is 0 Å². The Balaban J connectivity index is 1.85. The minimum atomic E-state index is 0.146. The van der Waals surface area contributed by atoms with Crippen molar-refractivity contribution >= 4 is 5.91 Å². The highest BCUT2D eigenvalue weighted by atomic mass is 16.2. The molecular formula is C10H13N3O. The number of rotatable bonds is 3. The van der Waals surface area contributed by atoms with Crippen molar-refractivity contribution in [2.24, 2.45) is 5.92 Å². The van der Waals surface area contributed by atoms with Gasteiger partial charge in [0.25, 0.3) is 0 Å². The first-order valence-electron chi connectivity index (χ1n) is 4.81. The molecular weight excluding hydrogens is 178 g/mol. The summed E-state index contributed by atoms with van der Waals surface area (Å²) in [7, 11) is 0. The van der Waals surface area contributed by atoms with Crippen molar-refractivity contribution < 1.29 is 4.79 Å². The highest BCUT2D eigenvalue weighted by Crippen LogP contribution is 2.28. The van der Waals surface area contributed by atoms with Crippen LogP contribution in [0, 0.1) is 12.8 Å². The highest BCUT2D eigenvalue weighted by Gasteiger charge is 2.29. The van der Waals surface area contributed by atoms with Crippen LogP contribution in [0.15, 0.2) is 12.4 Å². The number of amides is 1. The maximum absolute atomic E-state index is 11.3. The van der Waals surface area contributed by atoms with Gasteiger partial charge in [0, 0.05) is 12.1 Å². The Kier molecular flexibility index (Phi) is 2.43. The van der Waals surface area contributed by atoms with Gasteiger partial charge in [-0.05, 0) is 19.8 Å². The Morgan fingerprint density at radius 3 is 2.86 bits per heavy atom. The average molecular weight is 191 g/mol. The lowest BCUT2D eigenvalue weighted by Gasteiger charge is -2.02. The number of nitrogens with zero attached hydrogens (tertiary/aromatic N) is 2. The Bertz CT molecular complexity index is 330. The number of carbonyl (C=O) groups excluding carboxylic acids is 1. The van der Waals surface area contributed by atoms with Gasteiger partial charge in [0.15, 0.2) is 0 Å². The number of hydrogen-bond acceptors (Lipinski definition) is 3. The molecule has 1 amide bonds. The molecule has 74 valence electrons. The lowest BCUT2D eigenvalue weighted by atomic mass is 10.3. The molecule has 1 aliphatic rings. The molecule has 0 bridgehead atoms. The molecule has 1 fully saturated rings. The zero-order valence-electron chi connectivity index (χ0n) is 8.16. The van der Waals surface area contributed by atoms with E-state index in [0.29, 0.717) is 6.54 Å². The van der Waals surface area contributed by atoms with E-state index in [-0.39, 0.29) is 11.8 Å². The predicted octanol–water partition coefficient (Wildman–Crippen LogP) is 0.811. The van der Waals surface area contributed by atoms with Crippen molar-refractivity contribution in [3.05, 3.63) is 23.8 Å². The topological polar surface area (TPSA) is 54.9 Å². The van der Waals surface area contributed by atoms with E-state index in [1.807, 2.05) is 6.92 Å². The summed E-state index contributed by atoms with van der Waals surface area (Å²) in [6.45, 7) is 2.38. The van der Waals surface area contributed by atoms with Crippen LogP contribution >= 0.6 is 0 Å². The van der Waals surface area contributed by atoms with Crippen molar-refractivity contribution in [1.29, 1.82) is 0 Å². The Labute approximate surface area is 82.8 Å². The van der Waals surface area contributed by atoms with Crippen LogP contribution in [-0.4, -0.2) is 15.9 Å². The van der Waals surface area contributed by atoms with E-state index in [2.05, 4.69) is 15.3 Å². The van der Waals surface area contributed by atoms with Crippen LogP contribution in [-0.2, 0) is 11.3 Å². The molecule has 1 heterocycles. The lowest BCUT2D eigenvalue weighted by Crippen LogP contribution is -2.24. The van der Waals surface area contributed by atoms with Crippen molar-refractivity contribution in [3.8, 4) is 0 Å². The summed E-state index contributed by atoms with van der Waals surface area (Å²) in [6.07, 6.45) is 5.47. The van der Waals surface area contributed by atoms with Gasteiger partial charge in [-0.2, -0.15) is 0 Å². The molecule has 1 aromatic rings. The van der Waals surface area contributed by atoms with E-state index in [1.54, 1.807) is 12.4 Å². The van der Waals surface area contributed by atoms with Crippen LogP contribution in [0.1, 0.15) is 24.2 Å². The maximum atomic E-state index is 11.3. The van der Waals surface area contributed by atoms with Gasteiger partial charge >= 0.3 is 0 Å². The average Bonchev–Trinajstić information content (AvgIpc) is 3.00. The van der Waals surface area contributed by atoms with E-state index in [1.165, 1.54) is 0 Å². The molecule has 4 nitrogen and oxygen atoms in total. The van der Waals surface area contributed by atoms with Gasteiger partial charge < -0.3 is 5.32 Å². The molecule has 0 unspecified atom stereocenters. The molecule has 4 heteroatoms. The van der Waals surface area contributed by atoms with Crippen LogP contribution < -0.4 is 5.32 Å². The Hall–Kier alpha value is -1.45. The van der Waals surface area contributed by atoms with Crippen molar-refractivity contribution in [3.63, 3.8) is 0 Å². The van der Waals surface area contributed by atoms with E-state index in [9.17, 15) is 4.79 Å². The molecule has 1 saturated carbocycles. The third kappa shape index (κ3) is 2.28. The Morgan fingerprint density at radius 1 is 1.50 bits per heavy atom. The number of aryl methyl sites for hydroxylation is 1. The zero-order valence-corrected chi connectivity index (χ0v) is 8.16. The summed E-state index contributed by atoms with van der Waals surface area (Å²) < 4.78 is 0. The van der Waals surface area contributed by atoms with Gasteiger partial charge in [-0.1, -0.05) is 0 Å². The summed E-state index contributed by atoms with van der Waals surface area (Å²) in [5.74, 6) is 0.404. The van der Waals surface area contributed by atoms with Crippen LogP contribution in [0.4, 0.5) is 0 Å². The second-order valence-corrected chi connectivity index (χ2v) is 3.64. The van der Waals surface area contributed by atoms with Gasteiger partial charge in [-0.3, -0.25) is 14.8 Å². The zero-order chi connectivity index (χ0) is 9.97. The van der Waals surface area contributed by atoms with Crippen molar-refractivity contribution in [2.75, 3.05) is 0 Å². The fourth-order valence-electron chi connectivity index (χ4n) is 1.18. The fraction of sp³-hybridized carbons (Fsp3) is 0.500. The van der Waals surface area contributed by atoms with Crippen molar-refractivity contribution in [1.82, 2.24) is 15.3 Å². The largest absolute Gasteiger partial charge is 0.350 e. The molecule has 2 rings (SSSR count). The first-order valence-corrected chi connectivity index (χ1v) is 4.81. The number of hydrogen-bond donors (Lipinski definition) is 1. The molecule has 0 aliphatic heterocycles. The SMILES string of the molecule is Cc1cnc(CNC(=O)C2CC2)cn1.